The minimum Gasteiger partial charge on any atom is -0.273 e. The zero-order valence-corrected chi connectivity index (χ0v) is 7.05. The Morgan fingerprint density at radius 2 is 2.10 bits per heavy atom. The standard InChI is InChI=1S/C8H14N2/c1-6(2)8-5-7(3)10(4)9-8/h5-6H,1-4H3. The Morgan fingerprint density at radius 3 is 2.30 bits per heavy atom. The minimum atomic E-state index is 0.542. The van der Waals surface area contributed by atoms with Gasteiger partial charge in [-0.2, -0.15) is 5.10 Å². The van der Waals surface area contributed by atoms with Gasteiger partial charge in [0.1, 0.15) is 0 Å². The first kappa shape index (κ1) is 7.32. The van der Waals surface area contributed by atoms with Gasteiger partial charge in [-0.3, -0.25) is 4.68 Å². The smallest absolute Gasteiger partial charge is 0.0652 e. The van der Waals surface area contributed by atoms with Crippen molar-refractivity contribution in [2.75, 3.05) is 0 Å². The van der Waals surface area contributed by atoms with Crippen molar-refractivity contribution < 1.29 is 0 Å². The zero-order valence-electron chi connectivity index (χ0n) is 7.05. The van der Waals surface area contributed by atoms with Gasteiger partial charge in [-0.1, -0.05) is 13.8 Å². The van der Waals surface area contributed by atoms with E-state index in [1.165, 1.54) is 11.4 Å². The van der Waals surface area contributed by atoms with E-state index in [9.17, 15) is 0 Å². The fourth-order valence-corrected chi connectivity index (χ4v) is 0.871. The first-order chi connectivity index (χ1) is 4.61. The highest BCUT2D eigenvalue weighted by Gasteiger charge is 2.03. The summed E-state index contributed by atoms with van der Waals surface area (Å²) in [5, 5.41) is 4.33. The lowest BCUT2D eigenvalue weighted by molar-refractivity contribution is 0.698. The fraction of sp³-hybridized carbons (Fsp3) is 0.625. The molecule has 2 heteroatoms. The van der Waals surface area contributed by atoms with Crippen LogP contribution in [0.25, 0.3) is 0 Å². The molecule has 0 fully saturated rings. The first-order valence-corrected chi connectivity index (χ1v) is 3.62. The van der Waals surface area contributed by atoms with Gasteiger partial charge in [-0.25, -0.2) is 0 Å². The van der Waals surface area contributed by atoms with Crippen molar-refractivity contribution in [3.8, 4) is 0 Å². The SMILES string of the molecule is Cc1cc(C(C)C)nn1C. The summed E-state index contributed by atoms with van der Waals surface area (Å²) in [6.07, 6.45) is 0. The van der Waals surface area contributed by atoms with Gasteiger partial charge in [0.15, 0.2) is 0 Å². The van der Waals surface area contributed by atoms with Gasteiger partial charge in [-0.15, -0.1) is 0 Å². The van der Waals surface area contributed by atoms with Crippen LogP contribution in [-0.2, 0) is 7.05 Å². The van der Waals surface area contributed by atoms with Crippen molar-refractivity contribution in [3.63, 3.8) is 0 Å². The van der Waals surface area contributed by atoms with Crippen molar-refractivity contribution >= 4 is 0 Å². The second-order valence-corrected chi connectivity index (χ2v) is 2.99. The van der Waals surface area contributed by atoms with Crippen molar-refractivity contribution in [2.45, 2.75) is 26.7 Å². The summed E-state index contributed by atoms with van der Waals surface area (Å²) in [5.41, 5.74) is 2.41. The maximum Gasteiger partial charge on any atom is 0.0652 e. The number of hydrogen-bond donors (Lipinski definition) is 0. The third-order valence-corrected chi connectivity index (χ3v) is 1.72. The molecule has 1 aromatic heterocycles. The molecule has 0 N–H and O–H groups in total. The third-order valence-electron chi connectivity index (χ3n) is 1.72. The summed E-state index contributed by atoms with van der Waals surface area (Å²) < 4.78 is 1.91. The maximum absolute atomic E-state index is 4.33. The molecule has 1 heterocycles. The summed E-state index contributed by atoms with van der Waals surface area (Å²) in [6.45, 7) is 6.38. The second-order valence-electron chi connectivity index (χ2n) is 2.99. The molecule has 0 spiro atoms. The van der Waals surface area contributed by atoms with Gasteiger partial charge in [0, 0.05) is 12.7 Å². The van der Waals surface area contributed by atoms with E-state index in [0.717, 1.165) is 0 Å². The number of aryl methyl sites for hydroxylation is 2. The molecule has 0 bridgehead atoms. The van der Waals surface area contributed by atoms with E-state index in [4.69, 9.17) is 0 Å². The number of hydrogen-bond acceptors (Lipinski definition) is 1. The van der Waals surface area contributed by atoms with Gasteiger partial charge >= 0.3 is 0 Å². The van der Waals surface area contributed by atoms with Crippen LogP contribution in [0.1, 0.15) is 31.2 Å². The van der Waals surface area contributed by atoms with Gasteiger partial charge < -0.3 is 0 Å². The van der Waals surface area contributed by atoms with Gasteiger partial charge in [0.2, 0.25) is 0 Å². The van der Waals surface area contributed by atoms with E-state index < -0.39 is 0 Å². The van der Waals surface area contributed by atoms with Crippen LogP contribution < -0.4 is 0 Å². The Balaban J connectivity index is 2.98. The van der Waals surface area contributed by atoms with Crippen LogP contribution in [0.4, 0.5) is 0 Å². The highest BCUT2D eigenvalue weighted by atomic mass is 15.3. The Morgan fingerprint density at radius 1 is 1.50 bits per heavy atom. The molecule has 0 radical (unpaired) electrons. The molecule has 0 aromatic carbocycles. The van der Waals surface area contributed by atoms with Crippen LogP contribution >= 0.6 is 0 Å². The molecule has 10 heavy (non-hydrogen) atoms. The average molecular weight is 138 g/mol. The Bertz CT molecular complexity index is 204. The number of rotatable bonds is 1. The molecule has 56 valence electrons. The summed E-state index contributed by atoms with van der Waals surface area (Å²) >= 11 is 0. The summed E-state index contributed by atoms with van der Waals surface area (Å²) in [5.74, 6) is 0.542. The molecule has 2 nitrogen and oxygen atoms in total. The fourth-order valence-electron chi connectivity index (χ4n) is 0.871. The second kappa shape index (κ2) is 2.45. The van der Waals surface area contributed by atoms with E-state index in [2.05, 4.69) is 31.9 Å². The van der Waals surface area contributed by atoms with E-state index in [0.29, 0.717) is 5.92 Å². The third kappa shape index (κ3) is 1.20. The lowest BCUT2D eigenvalue weighted by Crippen LogP contribution is -1.94. The number of nitrogens with zero attached hydrogens (tertiary/aromatic N) is 2. The topological polar surface area (TPSA) is 17.8 Å². The van der Waals surface area contributed by atoms with E-state index in [-0.39, 0.29) is 0 Å². The molecule has 0 saturated carbocycles. The van der Waals surface area contributed by atoms with Crippen molar-refractivity contribution in [3.05, 3.63) is 17.5 Å². The van der Waals surface area contributed by atoms with Crippen LogP contribution in [0, 0.1) is 6.92 Å². The lowest BCUT2D eigenvalue weighted by Gasteiger charge is -1.95. The van der Waals surface area contributed by atoms with Crippen molar-refractivity contribution in [1.82, 2.24) is 9.78 Å². The predicted octanol–water partition coefficient (Wildman–Crippen LogP) is 1.85. The first-order valence-electron chi connectivity index (χ1n) is 3.62. The molecule has 0 saturated heterocycles. The lowest BCUT2D eigenvalue weighted by atomic mass is 10.1. The van der Waals surface area contributed by atoms with E-state index in [1.54, 1.807) is 0 Å². The molecule has 0 amide bonds. The van der Waals surface area contributed by atoms with Gasteiger partial charge in [-0.05, 0) is 18.9 Å². The minimum absolute atomic E-state index is 0.542. The predicted molar refractivity (Wildman–Crippen MR) is 42.0 cm³/mol. The summed E-state index contributed by atoms with van der Waals surface area (Å²) in [6, 6.07) is 2.13. The molecular weight excluding hydrogens is 124 g/mol. The van der Waals surface area contributed by atoms with Crippen LogP contribution in [0.3, 0.4) is 0 Å². The number of aromatic nitrogens is 2. The molecule has 1 rings (SSSR count). The molecule has 0 unspecified atom stereocenters. The molecule has 0 aliphatic rings. The van der Waals surface area contributed by atoms with E-state index >= 15 is 0 Å². The van der Waals surface area contributed by atoms with Crippen molar-refractivity contribution in [1.29, 1.82) is 0 Å². The zero-order chi connectivity index (χ0) is 7.72. The summed E-state index contributed by atoms with van der Waals surface area (Å²) in [4.78, 5) is 0. The Hall–Kier alpha value is -0.790. The van der Waals surface area contributed by atoms with Crippen LogP contribution in [0.5, 0.6) is 0 Å². The Labute approximate surface area is 61.9 Å². The van der Waals surface area contributed by atoms with Crippen LogP contribution in [0.2, 0.25) is 0 Å². The van der Waals surface area contributed by atoms with E-state index in [1.807, 2.05) is 11.7 Å². The normalized spacial score (nSPS) is 10.9. The average Bonchev–Trinajstić information content (AvgIpc) is 2.13. The largest absolute Gasteiger partial charge is 0.273 e. The monoisotopic (exact) mass is 138 g/mol. The summed E-state index contributed by atoms with van der Waals surface area (Å²) in [7, 11) is 1.97. The van der Waals surface area contributed by atoms with Gasteiger partial charge in [0.05, 0.1) is 5.69 Å². The Kier molecular flexibility index (Phi) is 1.79. The van der Waals surface area contributed by atoms with Crippen LogP contribution in [-0.4, -0.2) is 9.78 Å². The highest BCUT2D eigenvalue weighted by molar-refractivity contribution is 5.11. The maximum atomic E-state index is 4.33. The molecule has 1 aromatic rings. The molecule has 0 aliphatic heterocycles. The van der Waals surface area contributed by atoms with Gasteiger partial charge in [0.25, 0.3) is 0 Å². The highest BCUT2D eigenvalue weighted by Crippen LogP contribution is 2.12. The molecule has 0 aliphatic carbocycles. The van der Waals surface area contributed by atoms with Crippen LogP contribution in [0.15, 0.2) is 6.07 Å². The van der Waals surface area contributed by atoms with Crippen molar-refractivity contribution in [2.24, 2.45) is 7.05 Å². The molecular formula is C8H14N2. The molecule has 0 atom stereocenters. The quantitative estimate of drug-likeness (QED) is 0.579.